The van der Waals surface area contributed by atoms with Gasteiger partial charge in [0.25, 0.3) is 0 Å². The van der Waals surface area contributed by atoms with E-state index in [1.54, 1.807) is 13.8 Å². The van der Waals surface area contributed by atoms with E-state index in [-0.39, 0.29) is 5.92 Å². The van der Waals surface area contributed by atoms with Crippen LogP contribution in [0.3, 0.4) is 0 Å². The Morgan fingerprint density at radius 3 is 1.89 bits per heavy atom. The van der Waals surface area contributed by atoms with Crippen molar-refractivity contribution < 1.29 is 9.18 Å². The van der Waals surface area contributed by atoms with Crippen LogP contribution in [0.2, 0.25) is 0 Å². The van der Waals surface area contributed by atoms with Gasteiger partial charge in [0.05, 0.1) is 0 Å². The van der Waals surface area contributed by atoms with Crippen LogP contribution < -0.4 is 0 Å². The summed E-state index contributed by atoms with van der Waals surface area (Å²) in [7, 11) is 3.69. The van der Waals surface area contributed by atoms with Crippen molar-refractivity contribution in [3.63, 3.8) is 0 Å². The van der Waals surface area contributed by atoms with Crippen LogP contribution in [0.25, 0.3) is 0 Å². The van der Waals surface area contributed by atoms with E-state index in [0.29, 0.717) is 0 Å². The predicted molar refractivity (Wildman–Crippen MR) is 43.1 cm³/mol. The van der Waals surface area contributed by atoms with Gasteiger partial charge in [0.15, 0.2) is 10.9 Å². The van der Waals surface area contributed by atoms with Crippen molar-refractivity contribution in [2.24, 2.45) is 5.92 Å². The Labute approximate surface area is 59.2 Å². The van der Waals surface area contributed by atoms with Crippen LogP contribution in [0.4, 0.5) is 4.39 Å². The number of ketones is 1. The smallest absolute Gasteiger partial charge is 0.193 e. The Balaban J connectivity index is 4.06. The van der Waals surface area contributed by atoms with Gasteiger partial charge in [-0.25, -0.2) is 4.39 Å². The molecular formula is C5H11FOP2. The number of carbonyl (C=O) groups excluding carboxylic acids is 1. The molecule has 0 saturated carbocycles. The average Bonchev–Trinajstić information content (AvgIpc) is 1.62. The van der Waals surface area contributed by atoms with Gasteiger partial charge in [0, 0.05) is 5.92 Å². The highest BCUT2D eigenvalue weighted by Gasteiger charge is 2.28. The lowest BCUT2D eigenvalue weighted by Crippen LogP contribution is -2.23. The molecule has 4 heteroatoms. The van der Waals surface area contributed by atoms with Gasteiger partial charge in [-0.2, -0.15) is 0 Å². The standard InChI is InChI=1S/C5H11FOP2/c1-3(2)4(7)5(6,8)9/h3H,8-9H2,1-2H3. The van der Waals surface area contributed by atoms with Gasteiger partial charge in [0.2, 0.25) is 0 Å². The fourth-order valence-corrected chi connectivity index (χ4v) is 1.11. The lowest BCUT2D eigenvalue weighted by molar-refractivity contribution is -0.125. The van der Waals surface area contributed by atoms with Gasteiger partial charge >= 0.3 is 0 Å². The minimum atomic E-state index is -1.83. The molecule has 0 amide bonds. The van der Waals surface area contributed by atoms with Crippen molar-refractivity contribution >= 4 is 24.3 Å². The summed E-state index contributed by atoms with van der Waals surface area (Å²) < 4.78 is 12.6. The Morgan fingerprint density at radius 2 is 1.89 bits per heavy atom. The lowest BCUT2D eigenvalue weighted by Gasteiger charge is -2.13. The van der Waals surface area contributed by atoms with Gasteiger partial charge in [-0.05, 0) is 0 Å². The molecule has 0 N–H and O–H groups in total. The van der Waals surface area contributed by atoms with Gasteiger partial charge in [-0.1, -0.05) is 32.3 Å². The second-order valence-electron chi connectivity index (χ2n) is 2.29. The number of Topliss-reactive ketones (excluding diaryl/α,β-unsaturated/α-hetero) is 1. The summed E-state index contributed by atoms with van der Waals surface area (Å²) in [6.07, 6.45) is 0. The maximum absolute atomic E-state index is 12.6. The highest BCUT2D eigenvalue weighted by molar-refractivity contribution is 7.42. The maximum atomic E-state index is 12.6. The van der Waals surface area contributed by atoms with Crippen molar-refractivity contribution in [1.29, 1.82) is 0 Å². The second-order valence-corrected chi connectivity index (χ2v) is 4.63. The first kappa shape index (κ1) is 9.46. The van der Waals surface area contributed by atoms with E-state index in [0.717, 1.165) is 0 Å². The molecule has 0 aliphatic heterocycles. The fraction of sp³-hybridized carbons (Fsp3) is 0.800. The van der Waals surface area contributed by atoms with E-state index in [1.807, 2.05) is 18.5 Å². The van der Waals surface area contributed by atoms with Crippen molar-refractivity contribution in [3.8, 4) is 0 Å². The Kier molecular flexibility index (Phi) is 3.19. The van der Waals surface area contributed by atoms with Crippen molar-refractivity contribution in [3.05, 3.63) is 0 Å². The third-order valence-corrected chi connectivity index (χ3v) is 1.47. The third kappa shape index (κ3) is 3.23. The zero-order valence-electron chi connectivity index (χ0n) is 5.52. The molecule has 0 bridgehead atoms. The molecule has 0 aromatic heterocycles. The van der Waals surface area contributed by atoms with Crippen LogP contribution in [0.1, 0.15) is 13.8 Å². The molecule has 0 aliphatic carbocycles. The van der Waals surface area contributed by atoms with Crippen LogP contribution in [0.5, 0.6) is 0 Å². The average molecular weight is 168 g/mol. The van der Waals surface area contributed by atoms with Crippen LogP contribution in [0, 0.1) is 5.92 Å². The number of alkyl halides is 1. The Hall–Kier alpha value is 0.460. The summed E-state index contributed by atoms with van der Waals surface area (Å²) in [6.45, 7) is 3.34. The molecule has 0 heterocycles. The zero-order valence-corrected chi connectivity index (χ0v) is 7.83. The summed E-state index contributed by atoms with van der Waals surface area (Å²) in [5, 5.41) is -1.83. The SMILES string of the molecule is CC(C)C(=O)C(F)(P)P. The minimum absolute atomic E-state index is 0.245. The molecule has 9 heavy (non-hydrogen) atoms. The van der Waals surface area contributed by atoms with E-state index in [4.69, 9.17) is 0 Å². The summed E-state index contributed by atoms with van der Waals surface area (Å²) in [4.78, 5) is 10.7. The van der Waals surface area contributed by atoms with E-state index in [9.17, 15) is 9.18 Å². The number of rotatable bonds is 2. The van der Waals surface area contributed by atoms with Gasteiger partial charge in [0.1, 0.15) is 0 Å². The molecule has 2 unspecified atom stereocenters. The molecule has 0 aliphatic rings. The van der Waals surface area contributed by atoms with E-state index >= 15 is 0 Å². The maximum Gasteiger partial charge on any atom is 0.193 e. The second kappa shape index (κ2) is 3.03. The molecule has 54 valence electrons. The van der Waals surface area contributed by atoms with Crippen LogP contribution >= 0.6 is 18.5 Å². The highest BCUT2D eigenvalue weighted by Crippen LogP contribution is 2.31. The summed E-state index contributed by atoms with van der Waals surface area (Å²) in [5.41, 5.74) is 0. The number of halogens is 1. The van der Waals surface area contributed by atoms with E-state index < -0.39 is 10.9 Å². The number of hydrogen-bond donors (Lipinski definition) is 0. The minimum Gasteiger partial charge on any atom is -0.295 e. The third-order valence-electron chi connectivity index (χ3n) is 0.902. The van der Waals surface area contributed by atoms with E-state index in [1.165, 1.54) is 0 Å². The predicted octanol–water partition coefficient (Wildman–Crippen LogP) is 1.59. The number of hydrogen-bond acceptors (Lipinski definition) is 1. The molecule has 0 spiro atoms. The molecule has 1 nitrogen and oxygen atoms in total. The van der Waals surface area contributed by atoms with Crippen molar-refractivity contribution in [2.75, 3.05) is 0 Å². The summed E-state index contributed by atoms with van der Waals surface area (Å²) in [6, 6.07) is 0. The summed E-state index contributed by atoms with van der Waals surface area (Å²) >= 11 is 0. The number of carbonyl (C=O) groups is 1. The fourth-order valence-electron chi connectivity index (χ4n) is 0.442. The first-order chi connectivity index (χ1) is 3.85. The van der Waals surface area contributed by atoms with Crippen molar-refractivity contribution in [2.45, 2.75) is 19.0 Å². The molecule has 0 rings (SSSR count). The van der Waals surface area contributed by atoms with E-state index in [2.05, 4.69) is 0 Å². The lowest BCUT2D eigenvalue weighted by atomic mass is 10.1. The summed E-state index contributed by atoms with van der Waals surface area (Å²) in [5.74, 6) is -0.650. The van der Waals surface area contributed by atoms with Gasteiger partial charge in [-0.15, -0.1) is 0 Å². The Morgan fingerprint density at radius 1 is 1.56 bits per heavy atom. The van der Waals surface area contributed by atoms with Gasteiger partial charge < -0.3 is 0 Å². The van der Waals surface area contributed by atoms with Crippen molar-refractivity contribution in [1.82, 2.24) is 0 Å². The molecule has 0 radical (unpaired) electrons. The zero-order chi connectivity index (χ0) is 7.65. The quantitative estimate of drug-likeness (QED) is 0.572. The topological polar surface area (TPSA) is 17.1 Å². The first-order valence-corrected chi connectivity index (χ1v) is 3.82. The highest BCUT2D eigenvalue weighted by atomic mass is 31.1. The molecule has 0 aromatic carbocycles. The normalized spacial score (nSPS) is 12.2. The van der Waals surface area contributed by atoms with Crippen LogP contribution in [-0.4, -0.2) is 10.9 Å². The first-order valence-electron chi connectivity index (χ1n) is 2.66. The monoisotopic (exact) mass is 168 g/mol. The molecule has 0 saturated heterocycles. The molecule has 0 aromatic rings. The molecule has 2 atom stereocenters. The Bertz CT molecular complexity index is 117. The molecular weight excluding hydrogens is 157 g/mol. The van der Waals surface area contributed by atoms with Crippen LogP contribution in [-0.2, 0) is 4.79 Å². The largest absolute Gasteiger partial charge is 0.295 e. The van der Waals surface area contributed by atoms with Gasteiger partial charge in [-0.3, -0.25) is 4.79 Å². The molecule has 0 fully saturated rings. The van der Waals surface area contributed by atoms with Crippen LogP contribution in [0.15, 0.2) is 0 Å².